The minimum absolute atomic E-state index is 0.0735. The predicted octanol–water partition coefficient (Wildman–Crippen LogP) is 1.65. The van der Waals surface area contributed by atoms with Crippen molar-refractivity contribution in [3.05, 3.63) is 0 Å². The minimum atomic E-state index is -0.543. The second kappa shape index (κ2) is 5.73. The third-order valence-electron chi connectivity index (χ3n) is 4.37. The van der Waals surface area contributed by atoms with Gasteiger partial charge in [-0.15, -0.1) is 0 Å². The van der Waals surface area contributed by atoms with Crippen LogP contribution in [0, 0.1) is 5.92 Å². The van der Waals surface area contributed by atoms with Crippen LogP contribution in [0.25, 0.3) is 0 Å². The van der Waals surface area contributed by atoms with Gasteiger partial charge < -0.3 is 10.2 Å². The van der Waals surface area contributed by atoms with Gasteiger partial charge in [0.25, 0.3) is 0 Å². The third-order valence-corrected chi connectivity index (χ3v) is 4.97. The van der Waals surface area contributed by atoms with Gasteiger partial charge in [0, 0.05) is 12.3 Å². The number of amides is 2. The largest absolute Gasteiger partial charge is 0.342 e. The van der Waals surface area contributed by atoms with Crippen LogP contribution >= 0.6 is 11.8 Å². The molecule has 0 aromatic carbocycles. The molecule has 1 unspecified atom stereocenters. The maximum Gasteiger partial charge on any atom is 0.246 e. The number of piperazine rings is 1. The number of hydrogen-bond acceptors (Lipinski definition) is 3. The van der Waals surface area contributed by atoms with Gasteiger partial charge in [0.15, 0.2) is 0 Å². The number of hydrogen-bond donors (Lipinski definition) is 1. The van der Waals surface area contributed by atoms with Crippen LogP contribution in [0.3, 0.4) is 0 Å². The van der Waals surface area contributed by atoms with E-state index in [2.05, 4.69) is 5.32 Å². The average molecular weight is 284 g/mol. The van der Waals surface area contributed by atoms with E-state index < -0.39 is 5.54 Å². The SMILES string of the molecule is CSCCN1C(=O)C(C(C)C)NC(=O)C12CCCC2. The first-order valence-electron chi connectivity index (χ1n) is 7.14. The summed E-state index contributed by atoms with van der Waals surface area (Å²) in [5.41, 5.74) is -0.543. The molecular formula is C14H24N2O2S. The number of rotatable bonds is 4. The van der Waals surface area contributed by atoms with E-state index in [0.29, 0.717) is 6.54 Å². The summed E-state index contributed by atoms with van der Waals surface area (Å²) >= 11 is 1.72. The highest BCUT2D eigenvalue weighted by Gasteiger charge is 2.53. The fourth-order valence-electron chi connectivity index (χ4n) is 3.25. The van der Waals surface area contributed by atoms with E-state index >= 15 is 0 Å². The highest BCUT2D eigenvalue weighted by Crippen LogP contribution is 2.38. The molecule has 108 valence electrons. The Morgan fingerprint density at radius 2 is 2.00 bits per heavy atom. The van der Waals surface area contributed by atoms with Crippen LogP contribution in [0.5, 0.6) is 0 Å². The van der Waals surface area contributed by atoms with E-state index in [9.17, 15) is 9.59 Å². The normalized spacial score (nSPS) is 26.3. The van der Waals surface area contributed by atoms with Gasteiger partial charge in [-0.25, -0.2) is 0 Å². The Hall–Kier alpha value is -0.710. The Morgan fingerprint density at radius 1 is 1.37 bits per heavy atom. The topological polar surface area (TPSA) is 49.4 Å². The highest BCUT2D eigenvalue weighted by molar-refractivity contribution is 7.98. The molecule has 2 fully saturated rings. The predicted molar refractivity (Wildman–Crippen MR) is 78.1 cm³/mol. The second-order valence-electron chi connectivity index (χ2n) is 5.92. The van der Waals surface area contributed by atoms with Crippen LogP contribution < -0.4 is 5.32 Å². The summed E-state index contributed by atoms with van der Waals surface area (Å²) in [5, 5.41) is 2.97. The average Bonchev–Trinajstić information content (AvgIpc) is 2.84. The van der Waals surface area contributed by atoms with E-state index in [1.807, 2.05) is 25.0 Å². The van der Waals surface area contributed by atoms with Gasteiger partial charge in [-0.3, -0.25) is 9.59 Å². The lowest BCUT2D eigenvalue weighted by molar-refractivity contribution is -0.158. The summed E-state index contributed by atoms with van der Waals surface area (Å²) in [6.07, 6.45) is 5.77. The smallest absolute Gasteiger partial charge is 0.246 e. The molecule has 1 atom stereocenters. The Morgan fingerprint density at radius 3 is 2.53 bits per heavy atom. The molecule has 1 saturated heterocycles. The van der Waals surface area contributed by atoms with Crippen molar-refractivity contribution in [2.45, 2.75) is 51.1 Å². The van der Waals surface area contributed by atoms with Crippen LogP contribution in [0.2, 0.25) is 0 Å². The summed E-state index contributed by atoms with van der Waals surface area (Å²) in [6, 6.07) is -0.347. The van der Waals surface area contributed by atoms with E-state index in [0.717, 1.165) is 31.4 Å². The van der Waals surface area contributed by atoms with Gasteiger partial charge in [-0.1, -0.05) is 26.7 Å². The van der Waals surface area contributed by atoms with Crippen LogP contribution in [-0.4, -0.2) is 46.8 Å². The Kier molecular flexibility index (Phi) is 4.43. The van der Waals surface area contributed by atoms with Crippen molar-refractivity contribution in [3.63, 3.8) is 0 Å². The lowest BCUT2D eigenvalue weighted by atomic mass is 9.87. The van der Waals surface area contributed by atoms with Gasteiger partial charge >= 0.3 is 0 Å². The van der Waals surface area contributed by atoms with Crippen LogP contribution in [-0.2, 0) is 9.59 Å². The molecule has 19 heavy (non-hydrogen) atoms. The molecule has 0 bridgehead atoms. The van der Waals surface area contributed by atoms with Crippen molar-refractivity contribution in [3.8, 4) is 0 Å². The van der Waals surface area contributed by atoms with Crippen molar-refractivity contribution in [2.75, 3.05) is 18.6 Å². The quantitative estimate of drug-likeness (QED) is 0.854. The van der Waals surface area contributed by atoms with E-state index in [1.165, 1.54) is 0 Å². The lowest BCUT2D eigenvalue weighted by Gasteiger charge is -2.47. The summed E-state index contributed by atoms with van der Waals surface area (Å²) in [4.78, 5) is 27.1. The Bertz CT molecular complexity index is 364. The van der Waals surface area contributed by atoms with Crippen molar-refractivity contribution in [2.24, 2.45) is 5.92 Å². The first-order valence-corrected chi connectivity index (χ1v) is 8.53. The summed E-state index contributed by atoms with van der Waals surface area (Å²) in [5.74, 6) is 1.23. The van der Waals surface area contributed by atoms with Crippen LogP contribution in [0.4, 0.5) is 0 Å². The Labute approximate surface area is 119 Å². The minimum Gasteiger partial charge on any atom is -0.342 e. The molecule has 2 amide bonds. The van der Waals surface area contributed by atoms with Gasteiger partial charge in [-0.05, 0) is 25.0 Å². The van der Waals surface area contributed by atoms with Crippen LogP contribution in [0.1, 0.15) is 39.5 Å². The first-order chi connectivity index (χ1) is 9.03. The van der Waals surface area contributed by atoms with Crippen molar-refractivity contribution >= 4 is 23.6 Å². The van der Waals surface area contributed by atoms with Crippen molar-refractivity contribution < 1.29 is 9.59 Å². The van der Waals surface area contributed by atoms with Gasteiger partial charge in [0.2, 0.25) is 11.8 Å². The Balaban J connectivity index is 2.27. The zero-order chi connectivity index (χ0) is 14.0. The summed E-state index contributed by atoms with van der Waals surface area (Å²) in [6.45, 7) is 4.67. The molecule has 2 aliphatic rings. The molecule has 0 aromatic rings. The molecule has 1 heterocycles. The van der Waals surface area contributed by atoms with E-state index in [4.69, 9.17) is 0 Å². The van der Waals surface area contributed by atoms with Crippen molar-refractivity contribution in [1.82, 2.24) is 10.2 Å². The zero-order valence-corrected chi connectivity index (χ0v) is 12.9. The monoisotopic (exact) mass is 284 g/mol. The molecule has 1 aliphatic carbocycles. The molecule has 1 saturated carbocycles. The number of thioether (sulfide) groups is 1. The molecule has 1 aliphatic heterocycles. The number of carbonyl (C=O) groups excluding carboxylic acids is 2. The molecule has 1 N–H and O–H groups in total. The lowest BCUT2D eigenvalue weighted by Crippen LogP contribution is -2.71. The molecule has 0 radical (unpaired) electrons. The van der Waals surface area contributed by atoms with E-state index in [1.54, 1.807) is 11.8 Å². The number of carbonyl (C=O) groups is 2. The molecule has 2 rings (SSSR count). The fraction of sp³-hybridized carbons (Fsp3) is 0.857. The fourth-order valence-corrected chi connectivity index (χ4v) is 3.62. The summed E-state index contributed by atoms with van der Waals surface area (Å²) in [7, 11) is 0. The third kappa shape index (κ3) is 2.49. The van der Waals surface area contributed by atoms with Crippen molar-refractivity contribution in [1.29, 1.82) is 0 Å². The molecular weight excluding hydrogens is 260 g/mol. The number of nitrogens with one attached hydrogen (secondary N) is 1. The molecule has 0 aromatic heterocycles. The van der Waals surface area contributed by atoms with Crippen LogP contribution in [0.15, 0.2) is 0 Å². The number of nitrogens with zero attached hydrogens (tertiary/aromatic N) is 1. The first kappa shape index (κ1) is 14.7. The second-order valence-corrected chi connectivity index (χ2v) is 6.90. The molecule has 5 heteroatoms. The standard InChI is InChI=1S/C14H24N2O2S/c1-10(2)11-12(17)16(8-9-19-3)14(13(18)15-11)6-4-5-7-14/h10-11H,4-9H2,1-3H3,(H,15,18). The van der Waals surface area contributed by atoms with Gasteiger partial charge in [-0.2, -0.15) is 11.8 Å². The van der Waals surface area contributed by atoms with Gasteiger partial charge in [0.1, 0.15) is 11.6 Å². The maximum absolute atomic E-state index is 12.7. The zero-order valence-electron chi connectivity index (χ0n) is 12.1. The van der Waals surface area contributed by atoms with Gasteiger partial charge in [0.05, 0.1) is 0 Å². The highest BCUT2D eigenvalue weighted by atomic mass is 32.2. The molecule has 4 nitrogen and oxygen atoms in total. The van der Waals surface area contributed by atoms with E-state index in [-0.39, 0.29) is 23.8 Å². The summed E-state index contributed by atoms with van der Waals surface area (Å²) < 4.78 is 0. The molecule has 1 spiro atoms. The maximum atomic E-state index is 12.7.